The number of guanidine groups is 1. The van der Waals surface area contributed by atoms with Crippen LogP contribution in [0.15, 0.2) is 29.3 Å². The van der Waals surface area contributed by atoms with Gasteiger partial charge in [-0.2, -0.15) is 0 Å². The van der Waals surface area contributed by atoms with E-state index in [1.165, 1.54) is 11.1 Å². The van der Waals surface area contributed by atoms with Crippen LogP contribution in [0.2, 0.25) is 0 Å². The van der Waals surface area contributed by atoms with E-state index >= 15 is 0 Å². The quantitative estimate of drug-likeness (QED) is 0.525. The summed E-state index contributed by atoms with van der Waals surface area (Å²) in [6.07, 6.45) is 0.956. The van der Waals surface area contributed by atoms with E-state index in [1.807, 2.05) is 18.7 Å². The van der Waals surface area contributed by atoms with Gasteiger partial charge in [0, 0.05) is 51.2 Å². The Balaban J connectivity index is 1.55. The van der Waals surface area contributed by atoms with Gasteiger partial charge in [0.25, 0.3) is 0 Å². The number of morpholine rings is 1. The molecule has 7 heteroatoms. The Morgan fingerprint density at radius 3 is 2.73 bits per heavy atom. The monoisotopic (exact) mass is 415 g/mol. The van der Waals surface area contributed by atoms with E-state index in [0.717, 1.165) is 64.9 Å². The Bertz CT molecular complexity index is 715. The summed E-state index contributed by atoms with van der Waals surface area (Å²) >= 11 is 0. The van der Waals surface area contributed by atoms with E-state index in [9.17, 15) is 4.79 Å². The van der Waals surface area contributed by atoms with E-state index in [4.69, 9.17) is 9.73 Å². The average molecular weight is 416 g/mol. The molecule has 2 fully saturated rings. The minimum absolute atomic E-state index is 0.0513. The average Bonchev–Trinajstić information content (AvgIpc) is 3.21. The summed E-state index contributed by atoms with van der Waals surface area (Å²) in [7, 11) is 0. The van der Waals surface area contributed by atoms with E-state index in [1.54, 1.807) is 0 Å². The highest BCUT2D eigenvalue weighted by molar-refractivity contribution is 5.81. The van der Waals surface area contributed by atoms with Crippen LogP contribution in [0.4, 0.5) is 0 Å². The maximum Gasteiger partial charge on any atom is 0.225 e. The van der Waals surface area contributed by atoms with E-state index in [-0.39, 0.29) is 17.9 Å². The minimum atomic E-state index is 0.0513. The fourth-order valence-corrected chi connectivity index (χ4v) is 3.97. The van der Waals surface area contributed by atoms with Gasteiger partial charge in [-0.25, -0.2) is 4.99 Å². The molecule has 1 unspecified atom stereocenters. The summed E-state index contributed by atoms with van der Waals surface area (Å²) in [6.45, 7) is 13.6. The molecule has 1 aromatic rings. The molecule has 2 heterocycles. The number of carbonyl (C=O) groups is 1. The predicted molar refractivity (Wildman–Crippen MR) is 120 cm³/mol. The second-order valence-corrected chi connectivity index (χ2v) is 8.47. The molecule has 7 nitrogen and oxygen atoms in total. The van der Waals surface area contributed by atoms with Crippen molar-refractivity contribution >= 4 is 11.9 Å². The van der Waals surface area contributed by atoms with Crippen molar-refractivity contribution < 1.29 is 9.53 Å². The fraction of sp³-hybridized carbons (Fsp3) is 0.652. The third-order valence-electron chi connectivity index (χ3n) is 5.60. The number of amides is 1. The summed E-state index contributed by atoms with van der Waals surface area (Å²) in [4.78, 5) is 21.4. The topological polar surface area (TPSA) is 69.2 Å². The van der Waals surface area contributed by atoms with Crippen molar-refractivity contribution in [2.45, 2.75) is 46.3 Å². The van der Waals surface area contributed by atoms with Crippen molar-refractivity contribution in [1.82, 2.24) is 20.4 Å². The van der Waals surface area contributed by atoms with Crippen LogP contribution in [0, 0.1) is 5.92 Å². The van der Waals surface area contributed by atoms with Crippen LogP contribution in [-0.4, -0.2) is 73.6 Å². The summed E-state index contributed by atoms with van der Waals surface area (Å²) in [6, 6.07) is 8.94. The molecule has 2 N–H and O–H groups in total. The summed E-state index contributed by atoms with van der Waals surface area (Å²) in [5.74, 6) is 1.11. The third-order valence-corrected chi connectivity index (χ3v) is 5.60. The number of carbonyl (C=O) groups excluding carboxylic acids is 1. The maximum atomic E-state index is 12.2. The lowest BCUT2D eigenvalue weighted by molar-refractivity contribution is -0.133. The smallest absolute Gasteiger partial charge is 0.225 e. The fourth-order valence-electron chi connectivity index (χ4n) is 3.97. The molecule has 2 saturated heterocycles. The van der Waals surface area contributed by atoms with Crippen LogP contribution in [-0.2, 0) is 22.6 Å². The molecular formula is C23H37N5O2. The second-order valence-electron chi connectivity index (χ2n) is 8.47. The number of nitrogens with zero attached hydrogens (tertiary/aromatic N) is 3. The molecule has 1 amide bonds. The van der Waals surface area contributed by atoms with Crippen LogP contribution >= 0.6 is 0 Å². The predicted octanol–water partition coefficient (Wildman–Crippen LogP) is 1.83. The van der Waals surface area contributed by atoms with Crippen LogP contribution in [0.25, 0.3) is 0 Å². The molecule has 1 aromatic carbocycles. The number of hydrogen-bond acceptors (Lipinski definition) is 4. The zero-order valence-corrected chi connectivity index (χ0v) is 18.7. The van der Waals surface area contributed by atoms with Crippen molar-refractivity contribution in [2.75, 3.05) is 45.9 Å². The molecule has 3 rings (SSSR count). The highest BCUT2D eigenvalue weighted by Crippen LogP contribution is 2.13. The van der Waals surface area contributed by atoms with Crippen molar-refractivity contribution in [3.05, 3.63) is 35.4 Å². The van der Waals surface area contributed by atoms with E-state index < -0.39 is 0 Å². The first-order chi connectivity index (χ1) is 14.5. The first-order valence-electron chi connectivity index (χ1n) is 11.3. The van der Waals surface area contributed by atoms with E-state index in [2.05, 4.69) is 46.7 Å². The number of likely N-dealkylation sites (tertiary alicyclic amines) is 1. The standard InChI is InChI=1S/C23H37N5O2/c1-4-24-23(26-21-8-9-28(17-21)22(29)18(2)3)25-15-19-6-5-7-20(14-19)16-27-10-12-30-13-11-27/h5-7,14,18,21H,4,8-13,15-17H2,1-3H3,(H2,24,25,26). The van der Waals surface area contributed by atoms with E-state index in [0.29, 0.717) is 6.54 Å². The first-order valence-corrected chi connectivity index (χ1v) is 11.3. The van der Waals surface area contributed by atoms with Crippen molar-refractivity contribution in [3.8, 4) is 0 Å². The zero-order chi connectivity index (χ0) is 21.3. The van der Waals surface area contributed by atoms with Crippen molar-refractivity contribution in [2.24, 2.45) is 10.9 Å². The summed E-state index contributed by atoms with van der Waals surface area (Å²) in [5, 5.41) is 6.85. The zero-order valence-electron chi connectivity index (χ0n) is 18.7. The molecule has 166 valence electrons. The van der Waals surface area contributed by atoms with Gasteiger partial charge in [-0.3, -0.25) is 9.69 Å². The van der Waals surface area contributed by atoms with Crippen LogP contribution in [0.5, 0.6) is 0 Å². The Kier molecular flexibility index (Phi) is 8.51. The van der Waals surface area contributed by atoms with Crippen molar-refractivity contribution in [3.63, 3.8) is 0 Å². The SMILES string of the molecule is CCNC(=NCc1cccc(CN2CCOCC2)c1)NC1CCN(C(=O)C(C)C)C1. The van der Waals surface area contributed by atoms with Gasteiger partial charge in [0.2, 0.25) is 5.91 Å². The van der Waals surface area contributed by atoms with Gasteiger partial charge in [-0.05, 0) is 24.5 Å². The number of hydrogen-bond donors (Lipinski definition) is 2. The molecule has 1 atom stereocenters. The van der Waals surface area contributed by atoms with Crippen molar-refractivity contribution in [1.29, 1.82) is 0 Å². The lowest BCUT2D eigenvalue weighted by atomic mass is 10.1. The van der Waals surface area contributed by atoms with Gasteiger partial charge in [0.1, 0.15) is 0 Å². The number of ether oxygens (including phenoxy) is 1. The third kappa shape index (κ3) is 6.71. The highest BCUT2D eigenvalue weighted by atomic mass is 16.5. The van der Waals surface area contributed by atoms with Crippen LogP contribution in [0.1, 0.15) is 38.3 Å². The van der Waals surface area contributed by atoms with Gasteiger partial charge in [0.15, 0.2) is 5.96 Å². The highest BCUT2D eigenvalue weighted by Gasteiger charge is 2.27. The van der Waals surface area contributed by atoms with Crippen LogP contribution in [0.3, 0.4) is 0 Å². The Hall–Kier alpha value is -2.12. The first kappa shape index (κ1) is 22.6. The molecule has 0 bridgehead atoms. The lowest BCUT2D eigenvalue weighted by Crippen LogP contribution is -2.45. The molecule has 0 aromatic heterocycles. The Morgan fingerprint density at radius 1 is 1.23 bits per heavy atom. The molecule has 0 spiro atoms. The molecule has 30 heavy (non-hydrogen) atoms. The van der Waals surface area contributed by atoms with Gasteiger partial charge >= 0.3 is 0 Å². The maximum absolute atomic E-state index is 12.2. The molecule has 0 saturated carbocycles. The number of benzene rings is 1. The molecular weight excluding hydrogens is 378 g/mol. The molecule has 2 aliphatic rings. The number of rotatable bonds is 7. The second kappa shape index (κ2) is 11.3. The number of nitrogens with one attached hydrogen (secondary N) is 2. The lowest BCUT2D eigenvalue weighted by Gasteiger charge is -2.26. The normalized spacial score (nSPS) is 20.6. The summed E-state index contributed by atoms with van der Waals surface area (Å²) < 4.78 is 5.44. The van der Waals surface area contributed by atoms with Gasteiger partial charge in [0.05, 0.1) is 19.8 Å². The number of aliphatic imine (C=N–C) groups is 1. The summed E-state index contributed by atoms with van der Waals surface area (Å²) in [5.41, 5.74) is 2.53. The van der Waals surface area contributed by atoms with Gasteiger partial charge in [-0.1, -0.05) is 38.1 Å². The molecule has 0 aliphatic carbocycles. The Morgan fingerprint density at radius 2 is 2.00 bits per heavy atom. The van der Waals surface area contributed by atoms with Crippen LogP contribution < -0.4 is 10.6 Å². The largest absolute Gasteiger partial charge is 0.379 e. The molecule has 2 aliphatic heterocycles. The Labute approximate surface area is 180 Å². The minimum Gasteiger partial charge on any atom is -0.379 e. The van der Waals surface area contributed by atoms with Gasteiger partial charge < -0.3 is 20.3 Å². The molecule has 0 radical (unpaired) electrons. The van der Waals surface area contributed by atoms with Gasteiger partial charge in [-0.15, -0.1) is 0 Å².